The molecule has 3 heteroatoms. The van der Waals surface area contributed by atoms with Gasteiger partial charge in [0.05, 0.1) is 6.54 Å². The third-order valence-electron chi connectivity index (χ3n) is 3.83. The van der Waals surface area contributed by atoms with Crippen molar-refractivity contribution in [1.29, 1.82) is 0 Å². The van der Waals surface area contributed by atoms with Crippen LogP contribution in [0.25, 0.3) is 0 Å². The van der Waals surface area contributed by atoms with Gasteiger partial charge in [0.1, 0.15) is 5.76 Å². The van der Waals surface area contributed by atoms with E-state index in [1.54, 1.807) is 0 Å². The predicted molar refractivity (Wildman–Crippen MR) is 103 cm³/mol. The van der Waals surface area contributed by atoms with Gasteiger partial charge >= 0.3 is 0 Å². The van der Waals surface area contributed by atoms with Crippen molar-refractivity contribution >= 4 is 17.1 Å². The summed E-state index contributed by atoms with van der Waals surface area (Å²) in [5.41, 5.74) is 2.54. The van der Waals surface area contributed by atoms with Crippen LogP contribution in [-0.2, 0) is 17.8 Å². The fourth-order valence-corrected chi connectivity index (χ4v) is 2.82. The van der Waals surface area contributed by atoms with Gasteiger partial charge in [-0.1, -0.05) is 79.0 Å². The Labute approximate surface area is 149 Å². The van der Waals surface area contributed by atoms with E-state index in [4.69, 9.17) is 17.1 Å². The van der Waals surface area contributed by atoms with Gasteiger partial charge < -0.3 is 4.84 Å². The fraction of sp³-hybridized carbons (Fsp3) is 0.190. The number of allylic oxidation sites excluding steroid dienone is 3. The maximum atomic E-state index is 6.11. The molecule has 0 aliphatic heterocycles. The second-order valence-electron chi connectivity index (χ2n) is 5.80. The maximum Gasteiger partial charge on any atom is 0.148 e. The number of hydrogen-bond donors (Lipinski definition) is 0. The second kappa shape index (κ2) is 8.57. The first-order valence-electron chi connectivity index (χ1n) is 8.21. The molecule has 0 saturated heterocycles. The van der Waals surface area contributed by atoms with Crippen LogP contribution in [0.3, 0.4) is 0 Å². The maximum absolute atomic E-state index is 6.11. The summed E-state index contributed by atoms with van der Waals surface area (Å²) < 4.78 is 0. The van der Waals surface area contributed by atoms with Crippen LogP contribution in [0.5, 0.6) is 0 Å². The van der Waals surface area contributed by atoms with Crippen molar-refractivity contribution in [2.24, 2.45) is 0 Å². The molecule has 122 valence electrons. The molecule has 24 heavy (non-hydrogen) atoms. The van der Waals surface area contributed by atoms with Gasteiger partial charge in [-0.2, -0.15) is 0 Å². The van der Waals surface area contributed by atoms with Crippen LogP contribution >= 0.6 is 12.2 Å². The Kier molecular flexibility index (Phi) is 5.94. The Balaban J connectivity index is 1.68. The van der Waals surface area contributed by atoms with Gasteiger partial charge in [0, 0.05) is 17.8 Å². The largest absolute Gasteiger partial charge is 0.406 e. The third kappa shape index (κ3) is 5.15. The average Bonchev–Trinajstić information content (AvgIpc) is 2.61. The van der Waals surface area contributed by atoms with Crippen LogP contribution in [0.4, 0.5) is 0 Å². The zero-order valence-corrected chi connectivity index (χ0v) is 14.4. The van der Waals surface area contributed by atoms with Crippen molar-refractivity contribution in [1.82, 2.24) is 5.06 Å². The van der Waals surface area contributed by atoms with Crippen LogP contribution in [0.1, 0.15) is 17.5 Å². The van der Waals surface area contributed by atoms with Crippen LogP contribution in [0.15, 0.2) is 84.7 Å². The minimum absolute atomic E-state index is 0.742. The first-order chi connectivity index (χ1) is 11.8. The molecular weight excluding hydrogens is 314 g/mol. The second-order valence-corrected chi connectivity index (χ2v) is 6.32. The normalized spacial score (nSPS) is 13.9. The Morgan fingerprint density at radius 3 is 2.25 bits per heavy atom. The zero-order chi connectivity index (χ0) is 16.6. The fourth-order valence-electron chi connectivity index (χ4n) is 2.61. The molecule has 0 heterocycles. The molecule has 0 unspecified atom stereocenters. The summed E-state index contributed by atoms with van der Waals surface area (Å²) >= 11 is 5.28. The van der Waals surface area contributed by atoms with E-state index < -0.39 is 0 Å². The lowest BCUT2D eigenvalue weighted by atomic mass is 10.1. The highest BCUT2D eigenvalue weighted by atomic mass is 32.1. The van der Waals surface area contributed by atoms with Crippen molar-refractivity contribution in [3.63, 3.8) is 0 Å². The Hall–Kier alpha value is -2.23. The van der Waals surface area contributed by atoms with Gasteiger partial charge in [0.25, 0.3) is 0 Å². The molecule has 0 N–H and O–H groups in total. The minimum Gasteiger partial charge on any atom is -0.406 e. The number of hydrogen-bond acceptors (Lipinski definition) is 3. The van der Waals surface area contributed by atoms with Gasteiger partial charge in [-0.15, -0.1) is 5.06 Å². The van der Waals surface area contributed by atoms with Crippen LogP contribution in [0, 0.1) is 0 Å². The summed E-state index contributed by atoms with van der Waals surface area (Å²) in [6, 6.07) is 20.9. The smallest absolute Gasteiger partial charge is 0.148 e. The molecule has 0 amide bonds. The van der Waals surface area contributed by atoms with Crippen molar-refractivity contribution in [3.8, 4) is 0 Å². The van der Waals surface area contributed by atoms with E-state index in [9.17, 15) is 0 Å². The lowest BCUT2D eigenvalue weighted by molar-refractivity contribution is -0.122. The standard InChI is InChI=1S/C21H21NOS/c24-21-13-7-12-20(16-21)23-22(17-19-10-5-2-6-11-19)15-14-18-8-3-1-4-9-18/h1-12,16H,13-15,17H2. The van der Waals surface area contributed by atoms with Crippen molar-refractivity contribution in [2.75, 3.05) is 6.54 Å². The van der Waals surface area contributed by atoms with Crippen LogP contribution in [0.2, 0.25) is 0 Å². The summed E-state index contributed by atoms with van der Waals surface area (Å²) in [7, 11) is 0. The van der Waals surface area contributed by atoms with E-state index in [2.05, 4.69) is 54.6 Å². The number of thiocarbonyl (C=S) groups is 1. The minimum atomic E-state index is 0.742. The van der Waals surface area contributed by atoms with E-state index in [1.807, 2.05) is 29.3 Å². The van der Waals surface area contributed by atoms with E-state index in [0.29, 0.717) is 0 Å². The molecule has 0 saturated carbocycles. The lowest BCUT2D eigenvalue weighted by Gasteiger charge is -2.24. The Morgan fingerprint density at radius 1 is 0.917 bits per heavy atom. The Bertz CT molecular complexity index is 722. The van der Waals surface area contributed by atoms with Gasteiger partial charge in [-0.25, -0.2) is 0 Å². The average molecular weight is 335 g/mol. The summed E-state index contributed by atoms with van der Waals surface area (Å²) in [5.74, 6) is 0.815. The van der Waals surface area contributed by atoms with Gasteiger partial charge in [-0.05, 0) is 29.7 Å². The van der Waals surface area contributed by atoms with Gasteiger partial charge in [0.2, 0.25) is 0 Å². The van der Waals surface area contributed by atoms with Gasteiger partial charge in [0.15, 0.2) is 0 Å². The van der Waals surface area contributed by atoms with E-state index in [0.717, 1.165) is 36.6 Å². The molecule has 0 spiro atoms. The van der Waals surface area contributed by atoms with E-state index in [-0.39, 0.29) is 0 Å². The number of benzene rings is 2. The molecule has 2 aromatic carbocycles. The molecular formula is C21H21NOS. The van der Waals surface area contributed by atoms with Crippen LogP contribution < -0.4 is 0 Å². The quantitative estimate of drug-likeness (QED) is 0.529. The number of hydroxylamine groups is 2. The highest BCUT2D eigenvalue weighted by Crippen LogP contribution is 2.15. The first-order valence-corrected chi connectivity index (χ1v) is 8.62. The molecule has 3 rings (SSSR count). The summed E-state index contributed by atoms with van der Waals surface area (Å²) in [6.07, 6.45) is 7.75. The monoisotopic (exact) mass is 335 g/mol. The topological polar surface area (TPSA) is 12.5 Å². The molecule has 0 fully saturated rings. The molecule has 2 aromatic rings. The lowest BCUT2D eigenvalue weighted by Crippen LogP contribution is -2.26. The molecule has 0 aromatic heterocycles. The van der Waals surface area contributed by atoms with E-state index >= 15 is 0 Å². The first kappa shape index (κ1) is 16.6. The van der Waals surface area contributed by atoms with Crippen molar-refractivity contribution < 1.29 is 4.84 Å². The van der Waals surface area contributed by atoms with Crippen molar-refractivity contribution in [2.45, 2.75) is 19.4 Å². The molecule has 2 nitrogen and oxygen atoms in total. The van der Waals surface area contributed by atoms with Crippen LogP contribution in [-0.4, -0.2) is 16.5 Å². The molecule has 0 bridgehead atoms. The summed E-state index contributed by atoms with van der Waals surface area (Å²) in [6.45, 7) is 1.56. The summed E-state index contributed by atoms with van der Waals surface area (Å²) in [5, 5.41) is 2.01. The zero-order valence-electron chi connectivity index (χ0n) is 13.6. The Morgan fingerprint density at radius 2 is 1.58 bits per heavy atom. The predicted octanol–water partition coefficient (Wildman–Crippen LogP) is 4.88. The van der Waals surface area contributed by atoms with E-state index in [1.165, 1.54) is 11.1 Å². The SMILES string of the molecule is S=C1C=C(ON(CCc2ccccc2)Cc2ccccc2)C=CC1. The summed E-state index contributed by atoms with van der Waals surface area (Å²) in [4.78, 5) is 7.02. The molecule has 0 atom stereocenters. The molecule has 1 aliphatic carbocycles. The number of nitrogens with zero attached hydrogens (tertiary/aromatic N) is 1. The highest BCUT2D eigenvalue weighted by molar-refractivity contribution is 7.80. The van der Waals surface area contributed by atoms with Gasteiger partial charge in [-0.3, -0.25) is 0 Å². The molecule has 0 radical (unpaired) electrons. The van der Waals surface area contributed by atoms with Crippen molar-refractivity contribution in [3.05, 3.63) is 95.8 Å². The number of rotatable bonds is 7. The third-order valence-corrected chi connectivity index (χ3v) is 4.12. The highest BCUT2D eigenvalue weighted by Gasteiger charge is 2.11. The molecule has 1 aliphatic rings.